The number of nitriles is 2. The molecule has 104 heavy (non-hydrogen) atoms. The van der Waals surface area contributed by atoms with E-state index in [1.165, 1.54) is 281 Å². The highest BCUT2D eigenvalue weighted by Gasteiger charge is 2.24. The van der Waals surface area contributed by atoms with Crippen LogP contribution in [0.4, 0.5) is 0 Å². The van der Waals surface area contributed by atoms with E-state index in [0.29, 0.717) is 13.2 Å². The van der Waals surface area contributed by atoms with Crippen molar-refractivity contribution >= 4 is 135 Å². The number of rotatable bonds is 52. The average molecular weight is 1550 g/mol. The minimum absolute atomic E-state index is 0.0739. The van der Waals surface area contributed by atoms with Crippen molar-refractivity contribution in [3.05, 3.63) is 116 Å². The smallest absolute Gasteiger partial charge is 0.348 e. The number of ether oxygens (including phenoxy) is 2. The molecule has 0 N–H and O–H groups in total. The first-order chi connectivity index (χ1) is 51.1. The third-order valence-corrected chi connectivity index (χ3v) is 30.0. The van der Waals surface area contributed by atoms with Crippen LogP contribution in [0.2, 0.25) is 0 Å². The zero-order valence-electron chi connectivity index (χ0n) is 63.6. The van der Waals surface area contributed by atoms with Crippen molar-refractivity contribution in [1.82, 2.24) is 0 Å². The van der Waals surface area contributed by atoms with Crippen LogP contribution in [0.5, 0.6) is 0 Å². The molecule has 0 aliphatic heterocycles. The number of carbonyl (C=O) groups excluding carboxylic acids is 2. The zero-order valence-corrected chi connectivity index (χ0v) is 70.1. The fourth-order valence-electron chi connectivity index (χ4n) is 13.9. The van der Waals surface area contributed by atoms with Crippen LogP contribution in [0, 0.1) is 22.7 Å². The maximum atomic E-state index is 13.3. The van der Waals surface area contributed by atoms with Gasteiger partial charge in [-0.3, -0.25) is 0 Å². The van der Waals surface area contributed by atoms with Gasteiger partial charge >= 0.3 is 11.9 Å². The van der Waals surface area contributed by atoms with Gasteiger partial charge in [-0.2, -0.15) is 10.5 Å². The molecule has 558 valence electrons. The van der Waals surface area contributed by atoms with Crippen molar-refractivity contribution in [3.8, 4) is 70.7 Å². The average Bonchev–Trinajstić information content (AvgIpc) is 1.62. The molecule has 0 radical (unpaired) electrons. The minimum atomic E-state index is -0.519. The Morgan fingerprint density at radius 1 is 0.308 bits per heavy atom. The summed E-state index contributed by atoms with van der Waals surface area (Å²) in [5, 5.41) is 23.1. The van der Waals surface area contributed by atoms with E-state index in [2.05, 4.69) is 126 Å². The first kappa shape index (κ1) is 82.8. The lowest BCUT2D eigenvalue weighted by molar-refractivity contribution is -0.139. The molecule has 9 aromatic rings. The summed E-state index contributed by atoms with van der Waals surface area (Å²) in [7, 11) is 0. The largest absolute Gasteiger partial charge is 0.462 e. The van der Waals surface area contributed by atoms with E-state index >= 15 is 0 Å². The molecule has 8 aromatic heterocycles. The molecule has 0 aliphatic rings. The lowest BCUT2D eigenvalue weighted by atomic mass is 10.0. The summed E-state index contributed by atoms with van der Waals surface area (Å²) in [5.74, 6) is -1.04. The number of hydrogen-bond acceptors (Lipinski definition) is 14. The Hall–Kier alpha value is -5.26. The van der Waals surface area contributed by atoms with Crippen LogP contribution in [0.15, 0.2) is 83.9 Å². The fraction of sp³-hybridized carbons (Fsp3) is 0.533. The summed E-state index contributed by atoms with van der Waals surface area (Å²) in [5.41, 5.74) is 5.66. The van der Waals surface area contributed by atoms with E-state index in [0.717, 1.165) is 86.8 Å². The zero-order chi connectivity index (χ0) is 73.1. The SMILES string of the molecule is CCCCCCCCOC(=O)/C(C#N)=C/c1cc(CCCCCCCC)c(-c2ccc(-c3sc(-c4cc5cc6sc(-c7cc(CCCCCCCC)c(-c8ccc(-c9sc(/C=C(\C#N)C(=O)OCCCCCCCC)cc9CCCCCCCC)s8)s7)cc6cc5s4)cc3CCCCCCCC)s2)s1. The van der Waals surface area contributed by atoms with E-state index in [1.54, 1.807) is 34.8 Å². The molecule has 0 atom stereocenters. The van der Waals surface area contributed by atoms with Gasteiger partial charge in [0.05, 0.1) is 13.2 Å². The monoisotopic (exact) mass is 1540 g/mol. The number of aryl methyl sites for hydroxylation is 4. The van der Waals surface area contributed by atoms with Crippen molar-refractivity contribution in [2.24, 2.45) is 0 Å². The van der Waals surface area contributed by atoms with Gasteiger partial charge in [0, 0.05) is 77.7 Å². The quantitative estimate of drug-likeness (QED) is 0.0163. The predicted octanol–water partition coefficient (Wildman–Crippen LogP) is 31.7. The number of esters is 2. The molecule has 8 heterocycles. The number of unbranched alkanes of at least 4 members (excludes halogenated alkanes) is 30. The topological polar surface area (TPSA) is 100 Å². The number of carbonyl (C=O) groups is 2. The molecule has 6 nitrogen and oxygen atoms in total. The second kappa shape index (κ2) is 46.2. The van der Waals surface area contributed by atoms with Gasteiger partial charge in [-0.05, 0) is 182 Å². The van der Waals surface area contributed by atoms with Crippen LogP contribution in [-0.4, -0.2) is 25.2 Å². The van der Waals surface area contributed by atoms with Gasteiger partial charge in [0.25, 0.3) is 0 Å². The van der Waals surface area contributed by atoms with Crippen LogP contribution in [0.1, 0.15) is 305 Å². The molecule has 1 aromatic carbocycles. The Kier molecular flexibility index (Phi) is 36.8. The maximum Gasteiger partial charge on any atom is 0.348 e. The standard InChI is InChI=1S/C90H116N2O4S8/c1-7-13-19-25-31-37-43-65-53-73(55-71(63-91)89(93)95-51-41-35-29-23-17-11-5)97-85(65)75-47-49-77(99-75)87-67(45-39-33-27-21-15-9-3)57-83(103-87)81-61-69-59-80-70(60-79(69)101-81)62-82(102-80)84-58-68(46-40-34-28-22-16-10-4)88(104-84)78-50-48-76(100-78)86-66(44-38-32-26-20-14-8-2)54-74(98-86)56-72(64-92)90(94)96-52-42-36-30-24-18-12-6/h47-50,53-62H,7-46,51-52H2,1-6H3/b71-55+,72-56+. The fourth-order valence-corrected chi connectivity index (χ4v) is 23.5. The van der Waals surface area contributed by atoms with Crippen molar-refractivity contribution in [2.75, 3.05) is 13.2 Å². The lowest BCUT2D eigenvalue weighted by Gasteiger charge is -2.04. The van der Waals surface area contributed by atoms with Crippen LogP contribution >= 0.6 is 90.7 Å². The van der Waals surface area contributed by atoms with Crippen LogP contribution in [-0.2, 0) is 44.7 Å². The first-order valence-electron chi connectivity index (χ1n) is 40.4. The van der Waals surface area contributed by atoms with Crippen molar-refractivity contribution in [2.45, 2.75) is 298 Å². The van der Waals surface area contributed by atoms with Crippen LogP contribution in [0.3, 0.4) is 0 Å². The third kappa shape index (κ3) is 25.4. The summed E-state index contributed by atoms with van der Waals surface area (Å²) in [6.45, 7) is 14.3. The molecule has 0 bridgehead atoms. The number of hydrogen-bond donors (Lipinski definition) is 0. The van der Waals surface area contributed by atoms with Gasteiger partial charge in [0.15, 0.2) is 0 Å². The molecule has 0 amide bonds. The Bertz CT molecular complexity index is 3890. The highest BCUT2D eigenvalue weighted by molar-refractivity contribution is 7.31. The minimum Gasteiger partial charge on any atom is -0.462 e. The van der Waals surface area contributed by atoms with Gasteiger partial charge in [0.1, 0.15) is 23.3 Å². The second-order valence-electron chi connectivity index (χ2n) is 28.6. The van der Waals surface area contributed by atoms with Crippen molar-refractivity contribution < 1.29 is 19.1 Å². The Morgan fingerprint density at radius 2 is 0.577 bits per heavy atom. The molecule has 0 fully saturated rings. The molecular formula is C90H116N2O4S8. The summed E-state index contributed by atoms with van der Waals surface area (Å²) < 4.78 is 14.0. The van der Waals surface area contributed by atoms with E-state index in [1.807, 2.05) is 68.0 Å². The first-order valence-corrected chi connectivity index (χ1v) is 46.9. The van der Waals surface area contributed by atoms with Gasteiger partial charge < -0.3 is 9.47 Å². The Morgan fingerprint density at radius 3 is 0.885 bits per heavy atom. The van der Waals surface area contributed by atoms with Gasteiger partial charge in [-0.15, -0.1) is 90.7 Å². The second-order valence-corrected chi connectivity index (χ2v) is 37.2. The summed E-state index contributed by atoms with van der Waals surface area (Å²) in [4.78, 5) is 44.2. The number of fused-ring (bicyclic) bond motifs is 2. The Balaban J connectivity index is 0.977. The number of nitrogens with zero attached hydrogens (tertiary/aromatic N) is 2. The molecule has 0 spiro atoms. The molecule has 9 rings (SSSR count). The maximum absolute atomic E-state index is 13.3. The molecule has 0 saturated carbocycles. The molecule has 0 unspecified atom stereocenters. The predicted molar refractivity (Wildman–Crippen MR) is 461 cm³/mol. The molecule has 0 aliphatic carbocycles. The molecule has 0 saturated heterocycles. The van der Waals surface area contributed by atoms with Gasteiger partial charge in [-0.1, -0.05) is 234 Å². The van der Waals surface area contributed by atoms with E-state index in [9.17, 15) is 20.1 Å². The normalized spacial score (nSPS) is 12.0. The Labute approximate surface area is 657 Å². The third-order valence-electron chi connectivity index (χ3n) is 19.9. The number of benzene rings is 1. The van der Waals surface area contributed by atoms with Crippen molar-refractivity contribution in [1.29, 1.82) is 10.5 Å². The van der Waals surface area contributed by atoms with E-state index in [-0.39, 0.29) is 11.1 Å². The molecule has 14 heteroatoms. The van der Waals surface area contributed by atoms with Gasteiger partial charge in [0.2, 0.25) is 0 Å². The van der Waals surface area contributed by atoms with E-state index < -0.39 is 11.9 Å². The van der Waals surface area contributed by atoms with Crippen molar-refractivity contribution in [3.63, 3.8) is 0 Å². The summed E-state index contributed by atoms with van der Waals surface area (Å²) in [6, 6.07) is 33.1. The van der Waals surface area contributed by atoms with Crippen LogP contribution in [0.25, 0.3) is 90.9 Å². The lowest BCUT2D eigenvalue weighted by Crippen LogP contribution is -2.07. The highest BCUT2D eigenvalue weighted by atomic mass is 32.1. The number of thiophene rings is 8. The van der Waals surface area contributed by atoms with Gasteiger partial charge in [-0.25, -0.2) is 9.59 Å². The summed E-state index contributed by atoms with van der Waals surface area (Å²) >= 11 is 15.0. The molecular weight excluding hydrogens is 1430 g/mol. The highest BCUT2D eigenvalue weighted by Crippen LogP contribution is 2.51. The van der Waals surface area contributed by atoms with Crippen LogP contribution < -0.4 is 0 Å². The summed E-state index contributed by atoms with van der Waals surface area (Å²) in [6.07, 6.45) is 50.8. The van der Waals surface area contributed by atoms with E-state index in [4.69, 9.17) is 9.47 Å².